The van der Waals surface area contributed by atoms with Crippen LogP contribution in [0.2, 0.25) is 0 Å². The Kier molecular flexibility index (Phi) is 6.51. The summed E-state index contributed by atoms with van der Waals surface area (Å²) in [5, 5.41) is 12.6. The van der Waals surface area contributed by atoms with E-state index in [0.717, 1.165) is 35.4 Å². The van der Waals surface area contributed by atoms with Gasteiger partial charge < -0.3 is 15.2 Å². The van der Waals surface area contributed by atoms with E-state index in [4.69, 9.17) is 4.74 Å². The normalized spacial score (nSPS) is 10.1. The minimum absolute atomic E-state index is 0.301. The lowest BCUT2D eigenvalue weighted by Crippen LogP contribution is -2.17. The summed E-state index contributed by atoms with van der Waals surface area (Å²) < 4.78 is 5.19. The van der Waals surface area contributed by atoms with Crippen molar-refractivity contribution < 1.29 is 9.84 Å². The highest BCUT2D eigenvalue weighted by Crippen LogP contribution is 2.22. The summed E-state index contributed by atoms with van der Waals surface area (Å²) in [6.45, 7) is 1.51. The Morgan fingerprint density at radius 2 is 1.48 bits per heavy atom. The van der Waals surface area contributed by atoms with E-state index in [1.807, 2.05) is 36.4 Å². The average Bonchev–Trinajstić information content (AvgIpc) is 2.72. The van der Waals surface area contributed by atoms with Gasteiger partial charge in [0.25, 0.3) is 0 Å². The van der Waals surface area contributed by atoms with E-state index in [1.165, 1.54) is 5.56 Å². The third-order valence-corrected chi connectivity index (χ3v) is 4.28. The molecule has 0 unspecified atom stereocenters. The Bertz CT molecular complexity index is 902. The lowest BCUT2D eigenvalue weighted by Gasteiger charge is -2.04. The highest BCUT2D eigenvalue weighted by molar-refractivity contribution is 5.65. The second-order valence-corrected chi connectivity index (χ2v) is 6.20. The van der Waals surface area contributed by atoms with E-state index >= 15 is 0 Å². The molecule has 0 heterocycles. The molecule has 3 aromatic carbocycles. The molecule has 0 amide bonds. The van der Waals surface area contributed by atoms with E-state index in [2.05, 4.69) is 41.4 Å². The van der Waals surface area contributed by atoms with Crippen LogP contribution in [0.4, 0.5) is 0 Å². The van der Waals surface area contributed by atoms with E-state index in [-0.39, 0.29) is 0 Å². The van der Waals surface area contributed by atoms with Crippen molar-refractivity contribution in [3.05, 3.63) is 83.9 Å². The number of benzene rings is 3. The van der Waals surface area contributed by atoms with E-state index < -0.39 is 0 Å². The van der Waals surface area contributed by atoms with Crippen LogP contribution in [-0.4, -0.2) is 25.3 Å². The minimum atomic E-state index is 0.301. The highest BCUT2D eigenvalue weighted by Gasteiger charge is 1.98. The molecule has 0 aliphatic heterocycles. The summed E-state index contributed by atoms with van der Waals surface area (Å²) in [7, 11) is 1.67. The van der Waals surface area contributed by atoms with Gasteiger partial charge in [0.15, 0.2) is 0 Å². The van der Waals surface area contributed by atoms with E-state index in [9.17, 15) is 5.11 Å². The third-order valence-electron chi connectivity index (χ3n) is 4.28. The molecule has 0 spiro atoms. The summed E-state index contributed by atoms with van der Waals surface area (Å²) in [4.78, 5) is 0. The standard InChI is InChI=1S/C24H23NO2/c1-27-24-14-10-22(11-15-24)21-8-4-19(5-9-21)3-2-17-25-18-16-20-6-12-23(26)13-7-20/h4-15,25-26H,16-18H2,1H3. The van der Waals surface area contributed by atoms with Gasteiger partial charge in [0.1, 0.15) is 11.5 Å². The molecule has 0 atom stereocenters. The molecule has 0 fully saturated rings. The van der Waals surface area contributed by atoms with Crippen molar-refractivity contribution in [3.63, 3.8) is 0 Å². The van der Waals surface area contributed by atoms with Gasteiger partial charge >= 0.3 is 0 Å². The fourth-order valence-electron chi connectivity index (χ4n) is 2.72. The van der Waals surface area contributed by atoms with Gasteiger partial charge in [0, 0.05) is 12.1 Å². The number of aromatic hydroxyl groups is 1. The van der Waals surface area contributed by atoms with Crippen LogP contribution in [0.1, 0.15) is 11.1 Å². The SMILES string of the molecule is COc1ccc(-c2ccc(C#CCNCCc3ccc(O)cc3)cc2)cc1. The maximum absolute atomic E-state index is 9.27. The molecule has 27 heavy (non-hydrogen) atoms. The number of rotatable bonds is 6. The molecule has 0 bridgehead atoms. The maximum atomic E-state index is 9.27. The van der Waals surface area contributed by atoms with E-state index in [0.29, 0.717) is 12.3 Å². The average molecular weight is 357 g/mol. The summed E-state index contributed by atoms with van der Waals surface area (Å²) in [5.41, 5.74) is 4.52. The number of hydrogen-bond donors (Lipinski definition) is 2. The molecule has 3 nitrogen and oxygen atoms in total. The van der Waals surface area contributed by atoms with Crippen molar-refractivity contribution in [3.8, 4) is 34.5 Å². The molecule has 0 aliphatic rings. The van der Waals surface area contributed by atoms with Gasteiger partial charge in [-0.3, -0.25) is 0 Å². The number of nitrogens with one attached hydrogen (secondary N) is 1. The van der Waals surface area contributed by atoms with Gasteiger partial charge in [-0.25, -0.2) is 0 Å². The van der Waals surface area contributed by atoms with Crippen molar-refractivity contribution in [2.24, 2.45) is 0 Å². The zero-order valence-corrected chi connectivity index (χ0v) is 15.4. The molecule has 0 aliphatic carbocycles. The fourth-order valence-corrected chi connectivity index (χ4v) is 2.72. The molecule has 3 rings (SSSR count). The number of phenols is 1. The Morgan fingerprint density at radius 1 is 0.852 bits per heavy atom. The van der Waals surface area contributed by atoms with Gasteiger partial charge in [-0.1, -0.05) is 48.2 Å². The Hall–Kier alpha value is -3.22. The van der Waals surface area contributed by atoms with Crippen LogP contribution >= 0.6 is 0 Å². The van der Waals surface area contributed by atoms with Crippen LogP contribution < -0.4 is 10.1 Å². The lowest BCUT2D eigenvalue weighted by atomic mass is 10.0. The first-order valence-electron chi connectivity index (χ1n) is 8.96. The van der Waals surface area contributed by atoms with Crippen LogP contribution in [0, 0.1) is 11.8 Å². The van der Waals surface area contributed by atoms with Gasteiger partial charge in [-0.05, 0) is 59.5 Å². The molecule has 2 N–H and O–H groups in total. The molecule has 0 saturated carbocycles. The first-order valence-corrected chi connectivity index (χ1v) is 8.96. The molecule has 0 radical (unpaired) electrons. The van der Waals surface area contributed by atoms with Crippen LogP contribution in [0.3, 0.4) is 0 Å². The van der Waals surface area contributed by atoms with Crippen LogP contribution in [0.5, 0.6) is 11.5 Å². The zero-order valence-electron chi connectivity index (χ0n) is 15.4. The first kappa shape index (κ1) is 18.6. The van der Waals surface area contributed by atoms with Gasteiger partial charge in [-0.15, -0.1) is 0 Å². The summed E-state index contributed by atoms with van der Waals surface area (Å²) >= 11 is 0. The predicted octanol–water partition coefficient (Wildman–Crippen LogP) is 4.25. The van der Waals surface area contributed by atoms with Crippen molar-refractivity contribution >= 4 is 0 Å². The van der Waals surface area contributed by atoms with Gasteiger partial charge in [-0.2, -0.15) is 0 Å². The topological polar surface area (TPSA) is 41.5 Å². The van der Waals surface area contributed by atoms with Crippen molar-refractivity contribution in [2.75, 3.05) is 20.2 Å². The molecule has 0 saturated heterocycles. The number of methoxy groups -OCH3 is 1. The molecule has 0 aromatic heterocycles. The van der Waals surface area contributed by atoms with Gasteiger partial charge in [0.05, 0.1) is 13.7 Å². The molecule has 3 aromatic rings. The lowest BCUT2D eigenvalue weighted by molar-refractivity contribution is 0.415. The molecule has 3 heteroatoms. The number of hydrogen-bond acceptors (Lipinski definition) is 3. The summed E-state index contributed by atoms with van der Waals surface area (Å²) in [5.74, 6) is 7.50. The Balaban J connectivity index is 1.46. The van der Waals surface area contributed by atoms with Crippen molar-refractivity contribution in [1.82, 2.24) is 5.32 Å². The monoisotopic (exact) mass is 357 g/mol. The first-order chi connectivity index (χ1) is 13.2. The Morgan fingerprint density at radius 3 is 2.11 bits per heavy atom. The van der Waals surface area contributed by atoms with E-state index in [1.54, 1.807) is 19.2 Å². The molecule has 136 valence electrons. The molecular formula is C24H23NO2. The quantitative estimate of drug-likeness (QED) is 0.512. The Labute approximate surface area is 160 Å². The summed E-state index contributed by atoms with van der Waals surface area (Å²) in [6, 6.07) is 23.6. The summed E-state index contributed by atoms with van der Waals surface area (Å²) in [6.07, 6.45) is 0.915. The fraction of sp³-hybridized carbons (Fsp3) is 0.167. The zero-order chi connectivity index (χ0) is 18.9. The smallest absolute Gasteiger partial charge is 0.118 e. The maximum Gasteiger partial charge on any atom is 0.118 e. The van der Waals surface area contributed by atoms with Crippen molar-refractivity contribution in [2.45, 2.75) is 6.42 Å². The number of ether oxygens (including phenoxy) is 1. The van der Waals surface area contributed by atoms with Crippen molar-refractivity contribution in [1.29, 1.82) is 0 Å². The molecular weight excluding hydrogens is 334 g/mol. The van der Waals surface area contributed by atoms with Crippen LogP contribution in [-0.2, 0) is 6.42 Å². The minimum Gasteiger partial charge on any atom is -0.508 e. The predicted molar refractivity (Wildman–Crippen MR) is 110 cm³/mol. The van der Waals surface area contributed by atoms with Gasteiger partial charge in [0.2, 0.25) is 0 Å². The van der Waals surface area contributed by atoms with Crippen LogP contribution in [0.15, 0.2) is 72.8 Å². The van der Waals surface area contributed by atoms with Crippen LogP contribution in [0.25, 0.3) is 11.1 Å². The number of phenolic OH excluding ortho intramolecular Hbond substituents is 1. The third kappa shape index (κ3) is 5.64. The highest BCUT2D eigenvalue weighted by atomic mass is 16.5. The second-order valence-electron chi connectivity index (χ2n) is 6.20. The second kappa shape index (κ2) is 9.47. The largest absolute Gasteiger partial charge is 0.508 e.